The van der Waals surface area contributed by atoms with Crippen molar-refractivity contribution in [3.8, 4) is 5.75 Å². The number of hydrogen-bond acceptors (Lipinski definition) is 8. The third-order valence-electron chi connectivity index (χ3n) is 6.33. The molecular formula is C28H36N6O2S2. The van der Waals surface area contributed by atoms with Crippen LogP contribution in [0.4, 0.5) is 23.1 Å². The Morgan fingerprint density at radius 3 is 2.63 bits per heavy atom. The van der Waals surface area contributed by atoms with E-state index >= 15 is 0 Å². The fraction of sp³-hybridized carbons (Fsp3) is 0.429. The SMILES string of the molecule is CC(C)(C)NS(=O)c1cccc(N2CCc3cnc(Nc4ccc(OCCN5CCSCC5)cc4)nc32)c1. The van der Waals surface area contributed by atoms with Crippen LogP contribution in [0.1, 0.15) is 26.3 Å². The molecule has 0 saturated carbocycles. The van der Waals surface area contributed by atoms with Crippen LogP contribution in [-0.4, -0.2) is 68.9 Å². The predicted octanol–water partition coefficient (Wildman–Crippen LogP) is 4.75. The largest absolute Gasteiger partial charge is 0.492 e. The van der Waals surface area contributed by atoms with Crippen molar-refractivity contribution in [3.63, 3.8) is 0 Å². The highest BCUT2D eigenvalue weighted by Gasteiger charge is 2.24. The summed E-state index contributed by atoms with van der Waals surface area (Å²) in [4.78, 5) is 14.7. The van der Waals surface area contributed by atoms with Crippen molar-refractivity contribution in [2.75, 3.05) is 54.5 Å². The second-order valence-electron chi connectivity index (χ2n) is 10.5. The molecule has 0 amide bonds. The van der Waals surface area contributed by atoms with Crippen LogP contribution in [0.25, 0.3) is 0 Å². The second-order valence-corrected chi connectivity index (χ2v) is 13.0. The molecule has 0 radical (unpaired) electrons. The first-order valence-electron chi connectivity index (χ1n) is 13.1. The van der Waals surface area contributed by atoms with Gasteiger partial charge >= 0.3 is 0 Å². The van der Waals surface area contributed by atoms with Crippen molar-refractivity contribution in [1.29, 1.82) is 0 Å². The highest BCUT2D eigenvalue weighted by molar-refractivity contribution is 7.99. The minimum absolute atomic E-state index is 0.244. The van der Waals surface area contributed by atoms with Gasteiger partial charge < -0.3 is 15.0 Å². The molecule has 2 aliphatic rings. The van der Waals surface area contributed by atoms with Gasteiger partial charge in [-0.2, -0.15) is 16.7 Å². The van der Waals surface area contributed by atoms with Gasteiger partial charge in [0.05, 0.1) is 4.90 Å². The van der Waals surface area contributed by atoms with E-state index in [0.29, 0.717) is 12.6 Å². The van der Waals surface area contributed by atoms with Crippen molar-refractivity contribution >= 4 is 45.9 Å². The molecule has 202 valence electrons. The van der Waals surface area contributed by atoms with Gasteiger partial charge in [0.15, 0.2) is 0 Å². The maximum absolute atomic E-state index is 12.8. The monoisotopic (exact) mass is 552 g/mol. The summed E-state index contributed by atoms with van der Waals surface area (Å²) in [5.41, 5.74) is 2.73. The Hall–Kier alpha value is -2.66. The second kappa shape index (κ2) is 12.0. The number of anilines is 4. The number of thioether (sulfide) groups is 1. The molecule has 0 bridgehead atoms. The lowest BCUT2D eigenvalue weighted by Crippen LogP contribution is -2.37. The Labute approximate surface area is 232 Å². The van der Waals surface area contributed by atoms with Crippen molar-refractivity contribution in [1.82, 2.24) is 19.6 Å². The maximum Gasteiger partial charge on any atom is 0.229 e. The highest BCUT2D eigenvalue weighted by Crippen LogP contribution is 2.34. The Morgan fingerprint density at radius 1 is 1.08 bits per heavy atom. The molecule has 2 aliphatic heterocycles. The third-order valence-corrected chi connectivity index (χ3v) is 8.76. The van der Waals surface area contributed by atoms with E-state index < -0.39 is 11.0 Å². The van der Waals surface area contributed by atoms with Gasteiger partial charge in [-0.15, -0.1) is 0 Å². The zero-order chi connectivity index (χ0) is 26.5. The van der Waals surface area contributed by atoms with E-state index in [2.05, 4.69) is 24.8 Å². The van der Waals surface area contributed by atoms with Crippen LogP contribution in [-0.2, 0) is 17.4 Å². The summed E-state index contributed by atoms with van der Waals surface area (Å²) >= 11 is 2.02. The number of nitrogens with zero attached hydrogens (tertiary/aromatic N) is 4. The molecule has 5 rings (SSSR count). The molecule has 1 unspecified atom stereocenters. The summed E-state index contributed by atoms with van der Waals surface area (Å²) < 4.78 is 21.9. The zero-order valence-electron chi connectivity index (χ0n) is 22.3. The number of benzene rings is 2. The van der Waals surface area contributed by atoms with Crippen molar-refractivity contribution in [2.45, 2.75) is 37.6 Å². The zero-order valence-corrected chi connectivity index (χ0v) is 23.9. The first kappa shape index (κ1) is 26.9. The molecule has 1 saturated heterocycles. The van der Waals surface area contributed by atoms with Crippen molar-refractivity contribution in [2.24, 2.45) is 0 Å². The maximum atomic E-state index is 12.8. The van der Waals surface area contributed by atoms with Crippen LogP contribution in [0.3, 0.4) is 0 Å². The normalized spacial score (nSPS) is 16.8. The summed E-state index contributed by atoms with van der Waals surface area (Å²) in [5, 5.41) is 3.32. The van der Waals surface area contributed by atoms with Gasteiger partial charge in [-0.25, -0.2) is 13.9 Å². The Balaban J connectivity index is 1.22. The van der Waals surface area contributed by atoms with Gasteiger partial charge in [0.1, 0.15) is 29.2 Å². The third kappa shape index (κ3) is 7.05. The lowest BCUT2D eigenvalue weighted by Gasteiger charge is -2.25. The molecule has 1 aromatic heterocycles. The van der Waals surface area contributed by atoms with E-state index in [1.807, 2.05) is 87.3 Å². The quantitative estimate of drug-likeness (QED) is 0.394. The molecular weight excluding hydrogens is 516 g/mol. The number of nitrogens with one attached hydrogen (secondary N) is 2. The van der Waals surface area contributed by atoms with E-state index in [9.17, 15) is 4.21 Å². The summed E-state index contributed by atoms with van der Waals surface area (Å²) in [7, 11) is -1.29. The Morgan fingerprint density at radius 2 is 1.87 bits per heavy atom. The topological polar surface area (TPSA) is 82.6 Å². The molecule has 10 heteroatoms. The molecule has 2 N–H and O–H groups in total. The summed E-state index contributed by atoms with van der Waals surface area (Å²) in [6, 6.07) is 15.8. The van der Waals surface area contributed by atoms with E-state index in [-0.39, 0.29) is 5.54 Å². The first-order valence-corrected chi connectivity index (χ1v) is 15.4. The van der Waals surface area contributed by atoms with E-state index in [4.69, 9.17) is 9.72 Å². The number of hydrogen-bond donors (Lipinski definition) is 2. The summed E-state index contributed by atoms with van der Waals surface area (Å²) in [6.07, 6.45) is 2.76. The Bertz CT molecular complexity index is 1260. The molecule has 3 heterocycles. The van der Waals surface area contributed by atoms with Gasteiger partial charge in [0.2, 0.25) is 5.95 Å². The number of fused-ring (bicyclic) bond motifs is 1. The standard InChI is InChI=1S/C28H36N6O2S2/c1-28(2,3)32-38(35)25-6-4-5-23(19-25)34-12-11-21-20-29-27(31-26(21)34)30-22-7-9-24(10-8-22)36-16-13-33-14-17-37-18-15-33/h4-10,19-20,32H,11-18H2,1-3H3,(H,29,30,31). The highest BCUT2D eigenvalue weighted by atomic mass is 32.2. The molecule has 1 fully saturated rings. The van der Waals surface area contributed by atoms with E-state index in [1.54, 1.807) is 0 Å². The first-order chi connectivity index (χ1) is 18.3. The number of ether oxygens (including phenoxy) is 1. The summed E-state index contributed by atoms with van der Waals surface area (Å²) in [6.45, 7) is 10.8. The fourth-order valence-corrected chi connectivity index (χ4v) is 6.53. The molecule has 0 aliphatic carbocycles. The van der Waals surface area contributed by atoms with E-state index in [1.165, 1.54) is 11.5 Å². The van der Waals surface area contributed by atoms with Crippen LogP contribution in [0, 0.1) is 0 Å². The molecule has 1 atom stereocenters. The predicted molar refractivity (Wildman–Crippen MR) is 157 cm³/mol. The van der Waals surface area contributed by atoms with Gasteiger partial charge in [0.25, 0.3) is 0 Å². The minimum atomic E-state index is -1.29. The molecule has 3 aromatic rings. The van der Waals surface area contributed by atoms with Crippen molar-refractivity contribution < 1.29 is 8.95 Å². The lowest BCUT2D eigenvalue weighted by atomic mass is 10.1. The van der Waals surface area contributed by atoms with Crippen LogP contribution in [0.15, 0.2) is 59.6 Å². The molecule has 38 heavy (non-hydrogen) atoms. The van der Waals surface area contributed by atoms with Gasteiger partial charge in [-0.1, -0.05) is 6.07 Å². The Kier molecular flexibility index (Phi) is 8.52. The number of rotatable bonds is 9. The van der Waals surface area contributed by atoms with Gasteiger partial charge in [-0.05, 0) is 69.7 Å². The van der Waals surface area contributed by atoms with Crippen LogP contribution in [0.2, 0.25) is 0 Å². The fourth-order valence-electron chi connectivity index (χ4n) is 4.44. The van der Waals surface area contributed by atoms with Crippen LogP contribution in [0.5, 0.6) is 5.75 Å². The average molecular weight is 553 g/mol. The number of aromatic nitrogens is 2. The van der Waals surface area contributed by atoms with Gasteiger partial charge in [0, 0.05) is 66.4 Å². The van der Waals surface area contributed by atoms with Crippen LogP contribution < -0.4 is 19.7 Å². The van der Waals surface area contributed by atoms with Gasteiger partial charge in [-0.3, -0.25) is 4.90 Å². The average Bonchev–Trinajstić information content (AvgIpc) is 3.33. The molecule has 2 aromatic carbocycles. The summed E-state index contributed by atoms with van der Waals surface area (Å²) in [5.74, 6) is 4.71. The molecule has 0 spiro atoms. The molecule has 8 nitrogen and oxygen atoms in total. The van der Waals surface area contributed by atoms with Crippen LogP contribution >= 0.6 is 11.8 Å². The van der Waals surface area contributed by atoms with Crippen molar-refractivity contribution in [3.05, 3.63) is 60.3 Å². The lowest BCUT2D eigenvalue weighted by molar-refractivity contribution is 0.222. The smallest absolute Gasteiger partial charge is 0.229 e. The minimum Gasteiger partial charge on any atom is -0.492 e. The van der Waals surface area contributed by atoms with E-state index in [0.717, 1.165) is 66.0 Å².